The number of ether oxygens (including phenoxy) is 2. The lowest BCUT2D eigenvalue weighted by atomic mass is 9.95. The summed E-state index contributed by atoms with van der Waals surface area (Å²) in [6.45, 7) is 5.68. The third-order valence-corrected chi connectivity index (χ3v) is 4.12. The van der Waals surface area contributed by atoms with Crippen molar-refractivity contribution in [1.82, 2.24) is 5.32 Å². The lowest BCUT2D eigenvalue weighted by Crippen LogP contribution is -2.30. The predicted molar refractivity (Wildman–Crippen MR) is 80.6 cm³/mol. The number of hydrogen-bond donors (Lipinski definition) is 1. The zero-order valence-electron chi connectivity index (χ0n) is 13.0. The molecular formula is C16H33NO2. The fourth-order valence-corrected chi connectivity index (χ4v) is 3.00. The first kappa shape index (κ1) is 16.9. The Balaban J connectivity index is 1.97. The number of nitrogens with one attached hydrogen (secondary N) is 1. The smallest absolute Gasteiger partial charge is 0.0700 e. The molecule has 0 radical (unpaired) electrons. The van der Waals surface area contributed by atoms with Gasteiger partial charge in [-0.3, -0.25) is 0 Å². The molecular weight excluding hydrogens is 238 g/mol. The van der Waals surface area contributed by atoms with Crippen LogP contribution in [0.1, 0.15) is 58.3 Å². The molecule has 114 valence electrons. The van der Waals surface area contributed by atoms with Crippen molar-refractivity contribution in [3.8, 4) is 0 Å². The summed E-state index contributed by atoms with van der Waals surface area (Å²) in [6, 6.07) is 0.751. The molecule has 1 N–H and O–H groups in total. The van der Waals surface area contributed by atoms with Gasteiger partial charge in [-0.05, 0) is 38.1 Å². The third-order valence-electron chi connectivity index (χ3n) is 4.12. The SMILES string of the molecule is CCCC1CCCC(NCCCOCCOC)CC1. The highest BCUT2D eigenvalue weighted by Crippen LogP contribution is 2.26. The van der Waals surface area contributed by atoms with Crippen LogP contribution in [0.25, 0.3) is 0 Å². The number of hydrogen-bond acceptors (Lipinski definition) is 3. The minimum Gasteiger partial charge on any atom is -0.382 e. The first-order valence-electron chi connectivity index (χ1n) is 8.16. The molecule has 3 heteroatoms. The van der Waals surface area contributed by atoms with Gasteiger partial charge in [-0.2, -0.15) is 0 Å². The van der Waals surface area contributed by atoms with E-state index in [0.717, 1.165) is 38.1 Å². The summed E-state index contributed by atoms with van der Waals surface area (Å²) in [7, 11) is 1.71. The van der Waals surface area contributed by atoms with E-state index in [2.05, 4.69) is 12.2 Å². The Bertz CT molecular complexity index is 199. The molecule has 19 heavy (non-hydrogen) atoms. The summed E-state index contributed by atoms with van der Waals surface area (Å²) in [4.78, 5) is 0. The molecule has 1 aliphatic carbocycles. The zero-order valence-corrected chi connectivity index (χ0v) is 13.0. The summed E-state index contributed by atoms with van der Waals surface area (Å²) in [5, 5.41) is 3.70. The maximum Gasteiger partial charge on any atom is 0.0700 e. The van der Waals surface area contributed by atoms with Crippen molar-refractivity contribution in [3.05, 3.63) is 0 Å². The maximum atomic E-state index is 5.47. The average molecular weight is 271 g/mol. The van der Waals surface area contributed by atoms with Crippen LogP contribution in [0.2, 0.25) is 0 Å². The van der Waals surface area contributed by atoms with Crippen molar-refractivity contribution in [3.63, 3.8) is 0 Å². The van der Waals surface area contributed by atoms with Crippen molar-refractivity contribution >= 4 is 0 Å². The third kappa shape index (κ3) is 8.61. The van der Waals surface area contributed by atoms with Gasteiger partial charge < -0.3 is 14.8 Å². The Kier molecular flexibility index (Phi) is 10.4. The minimum absolute atomic E-state index is 0.703. The van der Waals surface area contributed by atoms with Crippen molar-refractivity contribution in [1.29, 1.82) is 0 Å². The summed E-state index contributed by atoms with van der Waals surface area (Å²) < 4.78 is 10.4. The Morgan fingerprint density at radius 3 is 2.74 bits per heavy atom. The molecule has 0 saturated heterocycles. The molecule has 0 aromatic rings. The number of rotatable bonds is 10. The summed E-state index contributed by atoms with van der Waals surface area (Å²) in [5.41, 5.74) is 0. The van der Waals surface area contributed by atoms with Gasteiger partial charge in [0.1, 0.15) is 0 Å². The van der Waals surface area contributed by atoms with Gasteiger partial charge in [0, 0.05) is 19.8 Å². The summed E-state index contributed by atoms with van der Waals surface area (Å²) >= 11 is 0. The van der Waals surface area contributed by atoms with E-state index in [4.69, 9.17) is 9.47 Å². The molecule has 2 atom stereocenters. The van der Waals surface area contributed by atoms with Crippen LogP contribution in [-0.4, -0.2) is 39.5 Å². The molecule has 0 spiro atoms. The predicted octanol–water partition coefficient (Wildman–Crippen LogP) is 3.38. The molecule has 2 unspecified atom stereocenters. The Labute approximate surface area is 119 Å². The first-order valence-corrected chi connectivity index (χ1v) is 8.16. The maximum absolute atomic E-state index is 5.47. The summed E-state index contributed by atoms with van der Waals surface area (Å²) in [5.74, 6) is 0.995. The van der Waals surface area contributed by atoms with Crippen LogP contribution in [0, 0.1) is 5.92 Å². The van der Waals surface area contributed by atoms with E-state index in [1.54, 1.807) is 7.11 Å². The largest absolute Gasteiger partial charge is 0.382 e. The van der Waals surface area contributed by atoms with Crippen LogP contribution < -0.4 is 5.32 Å². The van der Waals surface area contributed by atoms with Crippen LogP contribution in [0.4, 0.5) is 0 Å². The molecule has 1 fully saturated rings. The van der Waals surface area contributed by atoms with Crippen molar-refractivity contribution < 1.29 is 9.47 Å². The van der Waals surface area contributed by atoms with Gasteiger partial charge in [-0.25, -0.2) is 0 Å². The molecule has 0 amide bonds. The Morgan fingerprint density at radius 1 is 1.05 bits per heavy atom. The van der Waals surface area contributed by atoms with Crippen LogP contribution in [0.5, 0.6) is 0 Å². The highest BCUT2D eigenvalue weighted by atomic mass is 16.5. The second-order valence-corrected chi connectivity index (χ2v) is 5.77. The van der Waals surface area contributed by atoms with Crippen molar-refractivity contribution in [2.45, 2.75) is 64.3 Å². The summed E-state index contributed by atoms with van der Waals surface area (Å²) in [6.07, 6.45) is 10.9. The van der Waals surface area contributed by atoms with E-state index in [0.29, 0.717) is 6.61 Å². The quantitative estimate of drug-likeness (QED) is 0.488. The first-order chi connectivity index (χ1) is 9.36. The molecule has 0 aromatic carbocycles. The van der Waals surface area contributed by atoms with E-state index in [-0.39, 0.29) is 0 Å². The fourth-order valence-electron chi connectivity index (χ4n) is 3.00. The minimum atomic E-state index is 0.703. The van der Waals surface area contributed by atoms with E-state index < -0.39 is 0 Å². The van der Waals surface area contributed by atoms with Crippen molar-refractivity contribution in [2.24, 2.45) is 5.92 Å². The van der Waals surface area contributed by atoms with Crippen LogP contribution in [0.15, 0.2) is 0 Å². The topological polar surface area (TPSA) is 30.5 Å². The molecule has 0 heterocycles. The monoisotopic (exact) mass is 271 g/mol. The van der Waals surface area contributed by atoms with Gasteiger partial charge in [-0.15, -0.1) is 0 Å². The molecule has 3 nitrogen and oxygen atoms in total. The van der Waals surface area contributed by atoms with Gasteiger partial charge in [0.05, 0.1) is 13.2 Å². The molecule has 0 bridgehead atoms. The van der Waals surface area contributed by atoms with E-state index in [9.17, 15) is 0 Å². The molecule has 0 aliphatic heterocycles. The van der Waals surface area contributed by atoms with Crippen LogP contribution in [-0.2, 0) is 9.47 Å². The van der Waals surface area contributed by atoms with Crippen LogP contribution >= 0.6 is 0 Å². The van der Waals surface area contributed by atoms with Gasteiger partial charge in [-0.1, -0.05) is 32.6 Å². The number of methoxy groups -OCH3 is 1. The van der Waals surface area contributed by atoms with E-state index in [1.807, 2.05) is 0 Å². The molecule has 0 aromatic heterocycles. The molecule has 1 aliphatic rings. The zero-order chi connectivity index (χ0) is 13.8. The fraction of sp³-hybridized carbons (Fsp3) is 1.00. The van der Waals surface area contributed by atoms with E-state index in [1.165, 1.54) is 44.9 Å². The second kappa shape index (κ2) is 11.7. The average Bonchev–Trinajstić information content (AvgIpc) is 2.64. The lowest BCUT2D eigenvalue weighted by molar-refractivity contribution is 0.0692. The molecule has 1 rings (SSSR count). The van der Waals surface area contributed by atoms with Gasteiger partial charge in [0.25, 0.3) is 0 Å². The second-order valence-electron chi connectivity index (χ2n) is 5.77. The Morgan fingerprint density at radius 2 is 1.95 bits per heavy atom. The van der Waals surface area contributed by atoms with E-state index >= 15 is 0 Å². The Hall–Kier alpha value is -0.120. The van der Waals surface area contributed by atoms with Crippen LogP contribution in [0.3, 0.4) is 0 Å². The highest BCUT2D eigenvalue weighted by molar-refractivity contribution is 4.74. The normalized spacial score (nSPS) is 24.3. The van der Waals surface area contributed by atoms with Gasteiger partial charge in [0.2, 0.25) is 0 Å². The highest BCUT2D eigenvalue weighted by Gasteiger charge is 2.17. The standard InChI is InChI=1S/C16H33NO2/c1-3-6-15-7-4-8-16(10-9-15)17-11-5-12-19-14-13-18-2/h15-17H,3-14H2,1-2H3. The van der Waals surface area contributed by atoms with Gasteiger partial charge >= 0.3 is 0 Å². The molecule has 1 saturated carbocycles. The van der Waals surface area contributed by atoms with Crippen molar-refractivity contribution in [2.75, 3.05) is 33.5 Å². The lowest BCUT2D eigenvalue weighted by Gasteiger charge is -2.16. The van der Waals surface area contributed by atoms with Gasteiger partial charge in [0.15, 0.2) is 0 Å².